The lowest BCUT2D eigenvalue weighted by atomic mass is 10.1. The highest BCUT2D eigenvalue weighted by atomic mass is 16.5. The molecule has 0 saturated carbocycles. The van der Waals surface area contributed by atoms with Gasteiger partial charge in [0.25, 0.3) is 5.91 Å². The molecule has 4 nitrogen and oxygen atoms in total. The summed E-state index contributed by atoms with van der Waals surface area (Å²) < 4.78 is 5.34. The Morgan fingerprint density at radius 1 is 1.50 bits per heavy atom. The highest BCUT2D eigenvalue weighted by Crippen LogP contribution is 2.10. The second kappa shape index (κ2) is 3.41. The minimum atomic E-state index is -0.223. The zero-order valence-corrected chi connectivity index (χ0v) is 7.08. The van der Waals surface area contributed by atoms with Crippen LogP contribution in [0.25, 0.3) is 0 Å². The molecule has 12 heavy (non-hydrogen) atoms. The van der Waals surface area contributed by atoms with E-state index in [1.165, 1.54) is 0 Å². The number of nitrogens with one attached hydrogen (secondary N) is 1. The molecule has 2 saturated heterocycles. The summed E-state index contributed by atoms with van der Waals surface area (Å²) in [4.78, 5) is 13.4. The van der Waals surface area contributed by atoms with Crippen molar-refractivity contribution in [3.63, 3.8) is 0 Å². The zero-order chi connectivity index (χ0) is 8.39. The van der Waals surface area contributed by atoms with Gasteiger partial charge in [0.05, 0.1) is 6.61 Å². The Hall–Kier alpha value is -0.610. The first kappa shape index (κ1) is 8.01. The summed E-state index contributed by atoms with van der Waals surface area (Å²) in [6.45, 7) is 4.03. The van der Waals surface area contributed by atoms with E-state index in [2.05, 4.69) is 5.32 Å². The van der Waals surface area contributed by atoms with Crippen molar-refractivity contribution < 1.29 is 9.53 Å². The molecule has 68 valence electrons. The molecule has 0 aromatic carbocycles. The molecule has 1 N–H and O–H groups in total. The minimum absolute atomic E-state index is 0.161. The number of carbonyl (C=O) groups is 1. The van der Waals surface area contributed by atoms with E-state index < -0.39 is 0 Å². The fraction of sp³-hybridized carbons (Fsp3) is 0.875. The van der Waals surface area contributed by atoms with Crippen LogP contribution >= 0.6 is 0 Å². The van der Waals surface area contributed by atoms with Gasteiger partial charge in [-0.1, -0.05) is 0 Å². The Kier molecular flexibility index (Phi) is 2.28. The van der Waals surface area contributed by atoms with Gasteiger partial charge in [0, 0.05) is 26.2 Å². The minimum Gasteiger partial charge on any atom is -0.366 e. The number of rotatable bonds is 1. The van der Waals surface area contributed by atoms with Gasteiger partial charge >= 0.3 is 0 Å². The molecule has 2 aliphatic rings. The largest absolute Gasteiger partial charge is 0.366 e. The highest BCUT2D eigenvalue weighted by molar-refractivity contribution is 5.81. The van der Waals surface area contributed by atoms with Crippen molar-refractivity contribution >= 4 is 5.91 Å². The van der Waals surface area contributed by atoms with Crippen molar-refractivity contribution in [2.75, 3.05) is 32.8 Å². The summed E-state index contributed by atoms with van der Waals surface area (Å²) in [6, 6.07) is 0. The molecule has 2 heterocycles. The number of likely N-dealkylation sites (tertiary alicyclic amines) is 1. The van der Waals surface area contributed by atoms with Crippen LogP contribution < -0.4 is 5.32 Å². The number of hydrogen-bond acceptors (Lipinski definition) is 3. The molecule has 1 unspecified atom stereocenters. The monoisotopic (exact) mass is 170 g/mol. The van der Waals surface area contributed by atoms with E-state index in [9.17, 15) is 4.79 Å². The quantitative estimate of drug-likeness (QED) is 0.560. The van der Waals surface area contributed by atoms with E-state index in [1.54, 1.807) is 0 Å². The third-order valence-electron chi connectivity index (χ3n) is 2.37. The fourth-order valence-electron chi connectivity index (χ4n) is 1.46. The molecule has 0 bridgehead atoms. The Labute approximate surface area is 71.9 Å². The van der Waals surface area contributed by atoms with Crippen LogP contribution in [0.5, 0.6) is 0 Å². The third-order valence-corrected chi connectivity index (χ3v) is 2.37. The van der Waals surface area contributed by atoms with Crippen molar-refractivity contribution in [2.45, 2.75) is 12.5 Å². The summed E-state index contributed by atoms with van der Waals surface area (Å²) in [7, 11) is 0. The van der Waals surface area contributed by atoms with Crippen molar-refractivity contribution in [1.82, 2.24) is 10.2 Å². The SMILES string of the molecule is O=C(C1CNCCO1)N1CCC1. The first-order valence-corrected chi connectivity index (χ1v) is 4.49. The molecule has 4 heteroatoms. The Morgan fingerprint density at radius 2 is 2.33 bits per heavy atom. The van der Waals surface area contributed by atoms with Gasteiger partial charge in [-0.3, -0.25) is 4.79 Å². The first-order valence-electron chi connectivity index (χ1n) is 4.49. The molecule has 2 fully saturated rings. The normalized spacial score (nSPS) is 29.7. The van der Waals surface area contributed by atoms with Gasteiger partial charge in [-0.05, 0) is 6.42 Å². The summed E-state index contributed by atoms with van der Waals surface area (Å²) in [5.74, 6) is 0.161. The molecule has 0 aliphatic carbocycles. The summed E-state index contributed by atoms with van der Waals surface area (Å²) in [5.41, 5.74) is 0. The lowest BCUT2D eigenvalue weighted by molar-refractivity contribution is -0.148. The summed E-state index contributed by atoms with van der Waals surface area (Å²) >= 11 is 0. The molecule has 2 rings (SSSR count). The topological polar surface area (TPSA) is 41.6 Å². The van der Waals surface area contributed by atoms with Crippen LogP contribution in [-0.4, -0.2) is 49.7 Å². The molecule has 1 amide bonds. The van der Waals surface area contributed by atoms with Gasteiger partial charge in [0.15, 0.2) is 0 Å². The van der Waals surface area contributed by atoms with Gasteiger partial charge in [0.1, 0.15) is 6.10 Å². The number of carbonyl (C=O) groups excluding carboxylic acids is 1. The van der Waals surface area contributed by atoms with Gasteiger partial charge in [-0.15, -0.1) is 0 Å². The zero-order valence-electron chi connectivity index (χ0n) is 7.08. The maximum absolute atomic E-state index is 11.5. The maximum Gasteiger partial charge on any atom is 0.253 e. The van der Waals surface area contributed by atoms with Crippen LogP contribution in [0.15, 0.2) is 0 Å². The standard InChI is InChI=1S/C8H14N2O2/c11-8(10-3-1-4-10)7-6-9-2-5-12-7/h7,9H,1-6H2. The van der Waals surface area contributed by atoms with Crippen LogP contribution in [-0.2, 0) is 9.53 Å². The van der Waals surface area contributed by atoms with E-state index in [4.69, 9.17) is 4.74 Å². The van der Waals surface area contributed by atoms with E-state index in [-0.39, 0.29) is 12.0 Å². The van der Waals surface area contributed by atoms with E-state index in [1.807, 2.05) is 4.90 Å². The number of amides is 1. The highest BCUT2D eigenvalue weighted by Gasteiger charge is 2.29. The van der Waals surface area contributed by atoms with Gasteiger partial charge in [-0.2, -0.15) is 0 Å². The molecule has 0 aromatic rings. The second-order valence-corrected chi connectivity index (χ2v) is 3.24. The van der Waals surface area contributed by atoms with Gasteiger partial charge < -0.3 is 15.0 Å². The summed E-state index contributed by atoms with van der Waals surface area (Å²) in [6.07, 6.45) is 0.922. The number of hydrogen-bond donors (Lipinski definition) is 1. The van der Waals surface area contributed by atoms with Crippen LogP contribution in [0, 0.1) is 0 Å². The Bertz CT molecular complexity index is 174. The molecular weight excluding hydrogens is 156 g/mol. The average Bonchev–Trinajstić information content (AvgIpc) is 2.03. The van der Waals surface area contributed by atoms with Crippen molar-refractivity contribution in [1.29, 1.82) is 0 Å². The number of ether oxygens (including phenoxy) is 1. The lowest BCUT2D eigenvalue weighted by Gasteiger charge is -2.35. The van der Waals surface area contributed by atoms with Gasteiger partial charge in [-0.25, -0.2) is 0 Å². The van der Waals surface area contributed by atoms with Crippen LogP contribution in [0.2, 0.25) is 0 Å². The molecule has 0 aromatic heterocycles. The van der Waals surface area contributed by atoms with E-state index >= 15 is 0 Å². The second-order valence-electron chi connectivity index (χ2n) is 3.24. The van der Waals surface area contributed by atoms with Crippen molar-refractivity contribution in [3.05, 3.63) is 0 Å². The predicted molar refractivity (Wildman–Crippen MR) is 43.8 cm³/mol. The predicted octanol–water partition coefficient (Wildman–Crippen LogP) is -0.793. The van der Waals surface area contributed by atoms with Crippen LogP contribution in [0.4, 0.5) is 0 Å². The van der Waals surface area contributed by atoms with E-state index in [0.717, 1.165) is 26.1 Å². The number of morpholine rings is 1. The molecule has 1 atom stereocenters. The molecule has 2 aliphatic heterocycles. The first-order chi connectivity index (χ1) is 5.88. The van der Waals surface area contributed by atoms with Crippen molar-refractivity contribution in [2.24, 2.45) is 0 Å². The number of nitrogens with zero attached hydrogens (tertiary/aromatic N) is 1. The van der Waals surface area contributed by atoms with Gasteiger partial charge in [0.2, 0.25) is 0 Å². The van der Waals surface area contributed by atoms with Crippen LogP contribution in [0.1, 0.15) is 6.42 Å². The molecule has 0 spiro atoms. The third kappa shape index (κ3) is 1.44. The van der Waals surface area contributed by atoms with Crippen molar-refractivity contribution in [3.8, 4) is 0 Å². The maximum atomic E-state index is 11.5. The van der Waals surface area contributed by atoms with E-state index in [0.29, 0.717) is 13.2 Å². The summed E-state index contributed by atoms with van der Waals surface area (Å²) in [5, 5.41) is 3.15. The molecule has 0 radical (unpaired) electrons. The Balaban J connectivity index is 1.84. The van der Waals surface area contributed by atoms with Crippen LogP contribution in [0.3, 0.4) is 0 Å². The Morgan fingerprint density at radius 3 is 2.83 bits per heavy atom. The lowest BCUT2D eigenvalue weighted by Crippen LogP contribution is -2.53. The smallest absolute Gasteiger partial charge is 0.253 e. The average molecular weight is 170 g/mol. The molecular formula is C8H14N2O2. The fourth-order valence-corrected chi connectivity index (χ4v) is 1.46.